The largest absolute Gasteiger partial charge is 0.554 e. The molecule has 0 unspecified atom stereocenters. The first-order valence-corrected chi connectivity index (χ1v) is 6.40. The van der Waals surface area contributed by atoms with Crippen LogP contribution in [0.1, 0.15) is 33.2 Å². The van der Waals surface area contributed by atoms with E-state index in [2.05, 4.69) is 6.07 Å². The smallest absolute Gasteiger partial charge is 0.341 e. The van der Waals surface area contributed by atoms with Crippen LogP contribution in [0.15, 0.2) is 36.4 Å². The van der Waals surface area contributed by atoms with Crippen LogP contribution >= 0.6 is 0 Å². The van der Waals surface area contributed by atoms with Gasteiger partial charge in [0, 0.05) is 49.8 Å². The van der Waals surface area contributed by atoms with E-state index in [4.69, 9.17) is 9.47 Å². The minimum atomic E-state index is -0.495. The number of carbonyl (C=O) groups excluding carboxylic acids is 2. The van der Waals surface area contributed by atoms with Gasteiger partial charge in [0.05, 0.1) is 12.7 Å². The van der Waals surface area contributed by atoms with Crippen molar-refractivity contribution < 1.29 is 51.8 Å². The first kappa shape index (κ1) is 18.5. The number of rotatable bonds is 4. The molecule has 22 heavy (non-hydrogen) atoms. The second-order valence-electron chi connectivity index (χ2n) is 4.57. The number of carbonyl (C=O) groups is 2. The van der Waals surface area contributed by atoms with Crippen LogP contribution in [0, 0.1) is 13.0 Å². The molecule has 1 radical (unpaired) electrons. The van der Waals surface area contributed by atoms with E-state index in [1.165, 1.54) is 6.92 Å². The molecular weight excluding hydrogens is 357 g/mol. The predicted molar refractivity (Wildman–Crippen MR) is 78.0 cm³/mol. The fraction of sp³-hybridized carbons (Fsp3) is 0.176. The summed E-state index contributed by atoms with van der Waals surface area (Å²) in [5.41, 5.74) is 1.78. The second kappa shape index (κ2) is 8.20. The van der Waals surface area contributed by atoms with Crippen LogP contribution < -0.4 is 9.47 Å². The molecule has 2 aromatic carbocycles. The summed E-state index contributed by atoms with van der Waals surface area (Å²) in [4.78, 5) is 23.2. The van der Waals surface area contributed by atoms with E-state index in [0.717, 1.165) is 5.56 Å². The summed E-state index contributed by atoms with van der Waals surface area (Å²) in [6, 6.07) is 12.5. The van der Waals surface area contributed by atoms with Crippen molar-refractivity contribution in [3.05, 3.63) is 59.2 Å². The Kier molecular flexibility index (Phi) is 6.91. The van der Waals surface area contributed by atoms with E-state index in [1.807, 2.05) is 6.92 Å². The molecule has 0 amide bonds. The maximum absolute atomic E-state index is 12.0. The SMILES string of the molecule is COc1c[c-]c(OC(=O)c2ccc(C(C)=O)cc2)cc1C.[Y]. The molecule has 2 aromatic rings. The Bertz CT molecular complexity index is 678. The number of benzene rings is 2. The van der Waals surface area contributed by atoms with Crippen LogP contribution in [0.5, 0.6) is 11.5 Å². The van der Waals surface area contributed by atoms with Crippen molar-refractivity contribution in [2.24, 2.45) is 0 Å². The topological polar surface area (TPSA) is 52.6 Å². The Morgan fingerprint density at radius 1 is 1.09 bits per heavy atom. The normalized spacial score (nSPS) is 9.59. The van der Waals surface area contributed by atoms with Crippen molar-refractivity contribution in [1.29, 1.82) is 0 Å². The van der Waals surface area contributed by atoms with Crippen LogP contribution in [0.25, 0.3) is 0 Å². The zero-order valence-corrected chi connectivity index (χ0v) is 15.5. The van der Waals surface area contributed by atoms with Gasteiger partial charge in [-0.05, 0) is 19.1 Å². The fourth-order valence-corrected chi connectivity index (χ4v) is 1.84. The minimum absolute atomic E-state index is 0. The Morgan fingerprint density at radius 2 is 1.68 bits per heavy atom. The third kappa shape index (κ3) is 4.49. The summed E-state index contributed by atoms with van der Waals surface area (Å²) in [5.74, 6) is 0.467. The molecule has 0 atom stereocenters. The molecule has 0 fully saturated rings. The van der Waals surface area contributed by atoms with Crippen LogP contribution in [0.2, 0.25) is 0 Å². The molecule has 2 rings (SSSR count). The van der Waals surface area contributed by atoms with E-state index < -0.39 is 5.97 Å². The zero-order valence-electron chi connectivity index (χ0n) is 12.7. The number of hydrogen-bond donors (Lipinski definition) is 0. The third-order valence-corrected chi connectivity index (χ3v) is 3.03. The molecule has 0 aliphatic carbocycles. The van der Waals surface area contributed by atoms with Gasteiger partial charge >= 0.3 is 5.97 Å². The molecule has 5 heteroatoms. The average molecular weight is 372 g/mol. The van der Waals surface area contributed by atoms with Crippen molar-refractivity contribution in [3.8, 4) is 11.5 Å². The molecule has 0 spiro atoms. The quantitative estimate of drug-likeness (QED) is 0.358. The first-order chi connectivity index (χ1) is 10.0. The first-order valence-electron chi connectivity index (χ1n) is 6.40. The molecule has 0 aromatic heterocycles. The molecule has 0 saturated heterocycles. The van der Waals surface area contributed by atoms with E-state index in [0.29, 0.717) is 22.6 Å². The average Bonchev–Trinajstić information content (AvgIpc) is 2.47. The van der Waals surface area contributed by atoms with Gasteiger partial charge in [-0.1, -0.05) is 19.1 Å². The van der Waals surface area contributed by atoms with Gasteiger partial charge in [-0.15, -0.1) is 23.8 Å². The van der Waals surface area contributed by atoms with Gasteiger partial charge in [0.15, 0.2) is 5.78 Å². The van der Waals surface area contributed by atoms with Gasteiger partial charge in [-0.3, -0.25) is 4.79 Å². The molecule has 0 aliphatic heterocycles. The maximum Gasteiger partial charge on any atom is 0.341 e. The van der Waals surface area contributed by atoms with Gasteiger partial charge in [0.2, 0.25) is 0 Å². The number of ketones is 1. The molecule has 4 nitrogen and oxygen atoms in total. The van der Waals surface area contributed by atoms with Gasteiger partial charge in [-0.25, -0.2) is 4.79 Å². The van der Waals surface area contributed by atoms with Gasteiger partial charge in [0.1, 0.15) is 0 Å². The van der Waals surface area contributed by atoms with Gasteiger partial charge < -0.3 is 9.47 Å². The van der Waals surface area contributed by atoms with Crippen molar-refractivity contribution in [2.75, 3.05) is 7.11 Å². The summed E-state index contributed by atoms with van der Waals surface area (Å²) in [5, 5.41) is 0. The number of hydrogen-bond acceptors (Lipinski definition) is 4. The van der Waals surface area contributed by atoms with Crippen LogP contribution in [-0.4, -0.2) is 18.9 Å². The minimum Gasteiger partial charge on any atom is -0.554 e. The summed E-state index contributed by atoms with van der Waals surface area (Å²) in [6.07, 6.45) is 0. The van der Waals surface area contributed by atoms with E-state index in [9.17, 15) is 9.59 Å². The number of aryl methyl sites for hydroxylation is 1. The fourth-order valence-electron chi connectivity index (χ4n) is 1.84. The Hall–Kier alpha value is -1.52. The number of ether oxygens (including phenoxy) is 2. The maximum atomic E-state index is 12.0. The van der Waals surface area contributed by atoms with E-state index in [-0.39, 0.29) is 38.5 Å². The number of methoxy groups -OCH3 is 1. The van der Waals surface area contributed by atoms with E-state index in [1.54, 1.807) is 43.5 Å². The van der Waals surface area contributed by atoms with Crippen LogP contribution in [-0.2, 0) is 32.7 Å². The predicted octanol–water partition coefficient (Wildman–Crippen LogP) is 3.22. The van der Waals surface area contributed by atoms with Crippen LogP contribution in [0.4, 0.5) is 0 Å². The molecule has 0 N–H and O–H groups in total. The molecule has 0 aliphatic rings. The molecule has 111 valence electrons. The standard InChI is InChI=1S/C17H15O4.Y/c1-11-10-15(8-9-16(11)20-3)21-17(19)14-6-4-13(5-7-14)12(2)18;/h4-7,9-10H,1-3H3;/q-1;. The zero-order chi connectivity index (χ0) is 15.4. The summed E-state index contributed by atoms with van der Waals surface area (Å²) >= 11 is 0. The number of Topliss-reactive ketones (excluding diaryl/α,β-unsaturated/α-hetero) is 1. The summed E-state index contributed by atoms with van der Waals surface area (Å²) in [6.45, 7) is 3.33. The van der Waals surface area contributed by atoms with E-state index >= 15 is 0 Å². The monoisotopic (exact) mass is 372 g/mol. The van der Waals surface area contributed by atoms with Crippen molar-refractivity contribution in [3.63, 3.8) is 0 Å². The second-order valence-corrected chi connectivity index (χ2v) is 4.57. The molecule has 0 saturated carbocycles. The van der Waals surface area contributed by atoms with Crippen LogP contribution in [0.3, 0.4) is 0 Å². The van der Waals surface area contributed by atoms with Gasteiger partial charge in [0.25, 0.3) is 0 Å². The summed E-state index contributed by atoms with van der Waals surface area (Å²) < 4.78 is 10.4. The molecular formula is C17H15O4Y-. The molecule has 0 bridgehead atoms. The number of esters is 1. The molecule has 0 heterocycles. The summed E-state index contributed by atoms with van der Waals surface area (Å²) in [7, 11) is 1.57. The van der Waals surface area contributed by atoms with Crippen molar-refractivity contribution in [2.45, 2.75) is 13.8 Å². The Morgan fingerprint density at radius 3 is 2.18 bits per heavy atom. The van der Waals surface area contributed by atoms with Gasteiger partial charge in [-0.2, -0.15) is 0 Å². The Labute approximate surface area is 154 Å². The Balaban J connectivity index is 0.00000242. The van der Waals surface area contributed by atoms with Crippen molar-refractivity contribution in [1.82, 2.24) is 0 Å². The third-order valence-electron chi connectivity index (χ3n) is 3.03. The van der Waals surface area contributed by atoms with Crippen molar-refractivity contribution >= 4 is 11.8 Å².